The van der Waals surface area contributed by atoms with Gasteiger partial charge in [0.1, 0.15) is 34.9 Å². The molecule has 0 saturated carbocycles. The molecule has 3 aliphatic heterocycles. The smallest absolute Gasteiger partial charge is 0.411 e. The van der Waals surface area contributed by atoms with Crippen molar-refractivity contribution in [1.82, 2.24) is 44.7 Å². The maximum Gasteiger partial charge on any atom is 0.411 e. The fourth-order valence-corrected chi connectivity index (χ4v) is 6.70. The number of ether oxygens (including phenoxy) is 6. The molecule has 3 radical (unpaired) electrons. The summed E-state index contributed by atoms with van der Waals surface area (Å²) in [7, 11) is 3.85. The Morgan fingerprint density at radius 2 is 0.987 bits per heavy atom. The molecule has 75 heavy (non-hydrogen) atoms. The molecule has 2 aromatic heterocycles. The summed E-state index contributed by atoms with van der Waals surface area (Å²) in [5, 5.41) is 19.1. The largest absolute Gasteiger partial charge is 0.694 e. The molecule has 24 nitrogen and oxygen atoms in total. The standard InChI is InChI=1S/2C14H21N4O4.C11H18N4O4.C3H3.6CH4.3Y/c1-9-7-18(16-15-9)10-6-11(12(19)21-5)17(8-10)13(20)22-14(2,3)4;1-9-7-15-16-18(9)10-6-11(12(19)21-5)17(8-10)13(20)22-14(2,3)4;1-11(2,3)19-10(17)15-6-7(13-14-12)5-8(15)9(16)18-4;1-3-2;;;;;;;;;/h2*10-11H,6,8H2,1-5H3;7-8H,5-6H2,1-4H3;1H3;6*1H4;;;/q2*-1;;-1;;;;;;;;;/t2*10-,11+;7-,8+;;;;;;;;;;/m111........../s1. The molecule has 6 atom stereocenters. The molecule has 5 rings (SSSR count). The van der Waals surface area contributed by atoms with E-state index in [1.807, 2.05) is 12.8 Å². The minimum absolute atomic E-state index is 0. The van der Waals surface area contributed by atoms with Gasteiger partial charge in [-0.1, -0.05) is 63.5 Å². The molecule has 5 heterocycles. The summed E-state index contributed by atoms with van der Waals surface area (Å²) in [6, 6.07) is -2.93. The van der Waals surface area contributed by atoms with E-state index in [-0.39, 0.29) is 168 Å². The third-order valence-corrected chi connectivity index (χ3v) is 9.31. The van der Waals surface area contributed by atoms with E-state index in [9.17, 15) is 28.8 Å². The van der Waals surface area contributed by atoms with Crippen LogP contribution >= 0.6 is 0 Å². The number of likely N-dealkylation sites (tertiary alicyclic amines) is 3. The SMILES string of the molecule is C.C.C.C.C.C.COC(=O)[C@@H]1C[C@@H](N=[N+]=[N-])CN1C(=O)OC(C)(C)C.COC(=O)[C@@H]1C[C@@H](n2[c-]c(C)nn2)CN1C(=O)OC(C)(C)C.COC(=O)[C@@H]1C[C@@H](n2nn[c-]c2C)CN1C(=O)OC(C)(C)C.[C-]#CC.[Y].[Y].[Y]. The van der Waals surface area contributed by atoms with Gasteiger partial charge in [0.25, 0.3) is 0 Å². The Balaban J connectivity index is -0.000000138. The molecule has 0 bridgehead atoms. The van der Waals surface area contributed by atoms with E-state index in [4.69, 9.17) is 35.6 Å². The first-order valence-electron chi connectivity index (χ1n) is 20.8. The molecule has 423 valence electrons. The van der Waals surface area contributed by atoms with Crippen LogP contribution in [0.2, 0.25) is 0 Å². The van der Waals surface area contributed by atoms with E-state index < -0.39 is 77.2 Å². The third-order valence-electron chi connectivity index (χ3n) is 9.31. The first-order chi connectivity index (χ1) is 30.6. The van der Waals surface area contributed by atoms with Gasteiger partial charge in [-0.2, -0.15) is 5.10 Å². The van der Waals surface area contributed by atoms with Gasteiger partial charge in [-0.25, -0.2) is 28.8 Å². The second-order valence-corrected chi connectivity index (χ2v) is 18.1. The van der Waals surface area contributed by atoms with Gasteiger partial charge in [0.05, 0.1) is 33.4 Å². The average Bonchev–Trinajstić information content (AvgIpc) is 4.06. The first-order valence-corrected chi connectivity index (χ1v) is 20.8. The predicted octanol–water partition coefficient (Wildman–Crippen LogP) is 8.47. The van der Waals surface area contributed by atoms with E-state index >= 15 is 0 Å². The molecule has 0 unspecified atom stereocenters. The van der Waals surface area contributed by atoms with E-state index in [0.717, 1.165) is 5.69 Å². The van der Waals surface area contributed by atoms with Crippen molar-refractivity contribution in [2.24, 2.45) is 5.11 Å². The van der Waals surface area contributed by atoms with Crippen LogP contribution in [-0.2, 0) is 141 Å². The Bertz CT molecular complexity index is 2090. The Labute approximate surface area is 523 Å². The maximum atomic E-state index is 12.3. The van der Waals surface area contributed by atoms with Crippen molar-refractivity contribution in [2.75, 3.05) is 41.0 Å². The fraction of sp³-hybridized carbons (Fsp3) is 0.750. The van der Waals surface area contributed by atoms with Crippen molar-refractivity contribution in [3.63, 3.8) is 0 Å². The summed E-state index contributed by atoms with van der Waals surface area (Å²) < 4.78 is 33.4. The summed E-state index contributed by atoms with van der Waals surface area (Å²) in [4.78, 5) is 78.9. The van der Waals surface area contributed by atoms with Gasteiger partial charge in [0, 0.05) is 135 Å². The number of azide groups is 1. The zero-order chi connectivity index (χ0) is 50.3. The van der Waals surface area contributed by atoms with Gasteiger partial charge >= 0.3 is 36.2 Å². The normalized spacial score (nSPS) is 18.6. The molecule has 3 fully saturated rings. The molecule has 3 aliphatic rings. The molecular weight excluding hydrogens is 1200 g/mol. The molecular formula is C48H87N12O12Y3-3. The Morgan fingerprint density at radius 3 is 1.29 bits per heavy atom. The number of aromatic nitrogens is 6. The quantitative estimate of drug-likeness (QED) is 0.0498. The molecule has 3 amide bonds. The molecule has 3 saturated heterocycles. The number of hydrogen-bond donors (Lipinski definition) is 0. The van der Waals surface area contributed by atoms with Crippen LogP contribution in [0.25, 0.3) is 10.4 Å². The monoisotopic (exact) mass is 1290 g/mol. The third kappa shape index (κ3) is 28.8. The van der Waals surface area contributed by atoms with Crippen LogP contribution < -0.4 is 0 Å². The number of esters is 3. The van der Waals surface area contributed by atoms with Gasteiger partial charge < -0.3 is 62.9 Å². The molecule has 27 heteroatoms. The Kier molecular flexibility index (Phi) is 47.0. The van der Waals surface area contributed by atoms with Gasteiger partial charge in [-0.15, -0.1) is 21.8 Å². The molecule has 0 spiro atoms. The van der Waals surface area contributed by atoms with Crippen LogP contribution in [0.4, 0.5) is 14.4 Å². The molecule has 0 aromatic carbocycles. The number of carbonyl (C=O) groups is 6. The van der Waals surface area contributed by atoms with Gasteiger partial charge in [0.15, 0.2) is 0 Å². The second kappa shape index (κ2) is 40.0. The summed E-state index contributed by atoms with van der Waals surface area (Å²) in [6.45, 7) is 21.8. The zero-order valence-electron chi connectivity index (χ0n) is 42.2. The number of carbonyl (C=O) groups excluding carboxylic acids is 6. The van der Waals surface area contributed by atoms with Crippen LogP contribution in [-0.4, -0.2) is 163 Å². The van der Waals surface area contributed by atoms with Crippen molar-refractivity contribution in [3.05, 3.63) is 40.6 Å². The number of amides is 3. The van der Waals surface area contributed by atoms with Crippen molar-refractivity contribution in [3.8, 4) is 5.92 Å². The first kappa shape index (κ1) is 88.3. The van der Waals surface area contributed by atoms with E-state index in [1.54, 1.807) is 85.5 Å². The summed E-state index contributed by atoms with van der Waals surface area (Å²) >= 11 is 0. The van der Waals surface area contributed by atoms with Gasteiger partial charge in [-0.05, 0) is 87.6 Å². The number of nitrogens with zero attached hydrogens (tertiary/aromatic N) is 12. The van der Waals surface area contributed by atoms with Crippen LogP contribution in [0.1, 0.15) is 157 Å². The Morgan fingerprint density at radius 1 is 0.640 bits per heavy atom. The van der Waals surface area contributed by atoms with E-state index in [2.05, 4.69) is 47.8 Å². The van der Waals surface area contributed by atoms with Crippen LogP contribution in [0.3, 0.4) is 0 Å². The van der Waals surface area contributed by atoms with E-state index in [0.29, 0.717) is 31.6 Å². The summed E-state index contributed by atoms with van der Waals surface area (Å²) in [5.74, 6) is 0.529. The average molecular weight is 1290 g/mol. The van der Waals surface area contributed by atoms with Crippen LogP contribution in [0, 0.1) is 38.6 Å². The second-order valence-electron chi connectivity index (χ2n) is 18.1. The number of hydrogen-bond acceptors (Lipinski definition) is 17. The Hall–Kier alpha value is -3.32. The molecule has 2 aromatic rings. The van der Waals surface area contributed by atoms with Crippen molar-refractivity contribution in [2.45, 2.75) is 200 Å². The van der Waals surface area contributed by atoms with Crippen molar-refractivity contribution >= 4 is 36.2 Å². The zero-order valence-corrected chi connectivity index (χ0v) is 50.7. The van der Waals surface area contributed by atoms with Crippen LogP contribution in [0.15, 0.2) is 5.11 Å². The summed E-state index contributed by atoms with van der Waals surface area (Å²) in [6.07, 6.45) is 11.0. The van der Waals surface area contributed by atoms with Crippen molar-refractivity contribution in [1.29, 1.82) is 0 Å². The number of aryl methyl sites for hydroxylation is 2. The fourth-order valence-electron chi connectivity index (χ4n) is 6.70. The van der Waals surface area contributed by atoms with Crippen molar-refractivity contribution < 1.29 is 155 Å². The van der Waals surface area contributed by atoms with E-state index in [1.165, 1.54) is 36.0 Å². The van der Waals surface area contributed by atoms with Gasteiger partial charge in [-0.3, -0.25) is 19.4 Å². The minimum atomic E-state index is -0.768. The molecule has 0 N–H and O–H groups in total. The topological polar surface area (TPSA) is 278 Å². The maximum absolute atomic E-state index is 12.3. The van der Waals surface area contributed by atoms with Crippen LogP contribution in [0.5, 0.6) is 0 Å². The molecule has 0 aliphatic carbocycles. The number of methoxy groups -OCH3 is 3. The minimum Gasteiger partial charge on any atom is -0.694 e. The summed E-state index contributed by atoms with van der Waals surface area (Å²) in [5.41, 5.74) is 7.91. The number of rotatable bonds is 6. The predicted molar refractivity (Wildman–Crippen MR) is 271 cm³/mol. The van der Waals surface area contributed by atoms with Gasteiger partial charge in [0.2, 0.25) is 0 Å².